The zero-order valence-corrected chi connectivity index (χ0v) is 26.5. The largest absolute Gasteiger partial charge is 0.616 e. The average molecular weight is 625 g/mol. The molecule has 0 aromatic carbocycles. The first kappa shape index (κ1) is 34.5. The van der Waals surface area contributed by atoms with Crippen LogP contribution in [-0.2, 0) is 16.0 Å². The highest BCUT2D eigenvalue weighted by molar-refractivity contribution is 7.91. The molecule has 9 heteroatoms. The van der Waals surface area contributed by atoms with Crippen LogP contribution in [0.25, 0.3) is 0 Å². The zero-order chi connectivity index (χ0) is 30.8. The lowest BCUT2D eigenvalue weighted by atomic mass is 9.42. The second-order valence-electron chi connectivity index (χ2n) is 14.8. The van der Waals surface area contributed by atoms with Crippen molar-refractivity contribution in [2.24, 2.45) is 40.4 Å². The van der Waals surface area contributed by atoms with Gasteiger partial charge in [0.05, 0.1) is 6.10 Å². The summed E-state index contributed by atoms with van der Waals surface area (Å²) >= 11 is -1.35. The molecule has 4 fully saturated rings. The summed E-state index contributed by atoms with van der Waals surface area (Å²) in [6, 6.07) is 0. The van der Waals surface area contributed by atoms with Crippen LogP contribution in [0.15, 0.2) is 0 Å². The number of aliphatic hydroxyl groups excluding tert-OH is 1. The van der Waals surface area contributed by atoms with E-state index in [1.165, 1.54) is 25.7 Å². The van der Waals surface area contributed by atoms with Crippen LogP contribution in [0.1, 0.15) is 129 Å². The monoisotopic (exact) mass is 624 g/mol. The van der Waals surface area contributed by atoms with E-state index >= 15 is 0 Å². The van der Waals surface area contributed by atoms with Gasteiger partial charge in [-0.15, -0.1) is 0 Å². The topological polar surface area (TPSA) is 60.4 Å². The minimum atomic E-state index is -5.54. The summed E-state index contributed by atoms with van der Waals surface area (Å²) in [5, 5.41) is 11.0. The fraction of sp³-hybridized carbons (Fsp3) is 0.970. The van der Waals surface area contributed by atoms with Crippen LogP contribution in [0.5, 0.6) is 0 Å². The van der Waals surface area contributed by atoms with Crippen LogP contribution in [0, 0.1) is 40.4 Å². The van der Waals surface area contributed by atoms with Gasteiger partial charge in [0.25, 0.3) is 0 Å². The molecule has 42 heavy (non-hydrogen) atoms. The molecule has 1 N–H and O–H groups in total. The number of carbonyl (C=O) groups excluding carboxylic acids is 1. The van der Waals surface area contributed by atoms with Gasteiger partial charge in [-0.3, -0.25) is 4.79 Å². The van der Waals surface area contributed by atoms with Gasteiger partial charge >= 0.3 is 12.1 Å². The van der Waals surface area contributed by atoms with Gasteiger partial charge in [0, 0.05) is 19.3 Å². The molecule has 0 aromatic rings. The third kappa shape index (κ3) is 7.51. The summed E-state index contributed by atoms with van der Waals surface area (Å²) in [5.41, 5.74) is 0.272. The summed E-state index contributed by atoms with van der Waals surface area (Å²) in [7, 11) is 0. The van der Waals surface area contributed by atoms with E-state index in [0.29, 0.717) is 47.5 Å². The van der Waals surface area contributed by atoms with Crippen molar-refractivity contribution in [2.75, 3.05) is 11.5 Å². The van der Waals surface area contributed by atoms with Crippen LogP contribution in [0.2, 0.25) is 0 Å². The Morgan fingerprint density at radius 2 is 1.52 bits per heavy atom. The minimum absolute atomic E-state index is 0.0266. The molecule has 3 nitrogen and oxygen atoms in total. The number of halogens is 5. The predicted octanol–water partition coefficient (Wildman–Crippen LogP) is 9.03. The van der Waals surface area contributed by atoms with Gasteiger partial charge in [0.1, 0.15) is 17.3 Å². The number of rotatable bonds is 14. The van der Waals surface area contributed by atoms with E-state index in [1.54, 1.807) is 0 Å². The molecule has 0 bridgehead atoms. The molecule has 0 radical (unpaired) electrons. The number of unbranched alkanes of at least 4 members (excludes halogenated alkanes) is 6. The number of hydrogen-bond donors (Lipinski definition) is 1. The molecule has 4 unspecified atom stereocenters. The molecular weight excluding hydrogens is 571 g/mol. The van der Waals surface area contributed by atoms with E-state index in [4.69, 9.17) is 0 Å². The van der Waals surface area contributed by atoms with Crippen molar-refractivity contribution in [3.8, 4) is 0 Å². The number of hydrogen-bond acceptors (Lipinski definition) is 3. The fourth-order valence-corrected chi connectivity index (χ4v) is 11.2. The molecule has 4 saturated carbocycles. The summed E-state index contributed by atoms with van der Waals surface area (Å²) in [4.78, 5) is 12.3. The number of ketones is 1. The first-order valence-corrected chi connectivity index (χ1v) is 18.2. The van der Waals surface area contributed by atoms with Crippen LogP contribution in [0.4, 0.5) is 22.0 Å². The van der Waals surface area contributed by atoms with Crippen molar-refractivity contribution < 1.29 is 36.4 Å². The zero-order valence-electron chi connectivity index (χ0n) is 25.7. The van der Waals surface area contributed by atoms with Crippen molar-refractivity contribution in [3.05, 3.63) is 0 Å². The molecular formula is C33H53F5O3S. The van der Waals surface area contributed by atoms with Gasteiger partial charge in [0.2, 0.25) is 0 Å². The molecule has 4 aliphatic carbocycles. The van der Waals surface area contributed by atoms with E-state index in [9.17, 15) is 36.4 Å². The van der Waals surface area contributed by atoms with Crippen molar-refractivity contribution in [2.45, 2.75) is 148 Å². The maximum atomic E-state index is 13.0. The van der Waals surface area contributed by atoms with E-state index in [-0.39, 0.29) is 22.7 Å². The van der Waals surface area contributed by atoms with Crippen LogP contribution >= 0.6 is 0 Å². The number of aliphatic hydroxyl groups is 1. The van der Waals surface area contributed by atoms with Gasteiger partial charge < -0.3 is 9.66 Å². The van der Waals surface area contributed by atoms with E-state index in [2.05, 4.69) is 13.8 Å². The standard InChI is InChI=1S/C33H53F5O3S/c1-30-18-16-25(39)21-24(30)12-13-26-27-14-15-28(40)31(27,2)22-23(29(26)30)11-8-6-4-3-5-7-9-19-42(41)20-10-17-32(34,35)33(36,37)38/h23-24,26-29,40H,3-22H2,1-2H3/t23?,24?,26-,27-,28?,29+,30-,31-,42?/m0/s1. The molecule has 0 spiro atoms. The Morgan fingerprint density at radius 3 is 2.21 bits per heavy atom. The lowest BCUT2D eigenvalue weighted by molar-refractivity contribution is -0.284. The number of carbonyl (C=O) groups is 1. The molecule has 9 atom stereocenters. The summed E-state index contributed by atoms with van der Waals surface area (Å²) < 4.78 is 74.6. The first-order chi connectivity index (χ1) is 19.7. The summed E-state index contributed by atoms with van der Waals surface area (Å²) in [5.74, 6) is -0.938. The Morgan fingerprint density at radius 1 is 0.881 bits per heavy atom. The van der Waals surface area contributed by atoms with Crippen molar-refractivity contribution in [1.82, 2.24) is 0 Å². The molecule has 0 heterocycles. The highest BCUT2D eigenvalue weighted by Crippen LogP contribution is 2.68. The highest BCUT2D eigenvalue weighted by atomic mass is 32.2. The Bertz CT molecular complexity index is 899. The molecule has 0 aliphatic heterocycles. The Kier molecular flexibility index (Phi) is 11.4. The van der Waals surface area contributed by atoms with E-state index in [0.717, 1.165) is 70.6 Å². The van der Waals surface area contributed by atoms with Gasteiger partial charge in [-0.1, -0.05) is 63.5 Å². The second-order valence-corrected chi connectivity index (χ2v) is 16.5. The number of Topliss-reactive ketones (excluding diaryl/α,β-unsaturated/α-hetero) is 1. The maximum Gasteiger partial charge on any atom is 0.453 e. The molecule has 0 aromatic heterocycles. The van der Waals surface area contributed by atoms with Crippen LogP contribution in [0.3, 0.4) is 0 Å². The fourth-order valence-electron chi connectivity index (χ4n) is 9.96. The third-order valence-corrected chi connectivity index (χ3v) is 13.7. The Balaban J connectivity index is 1.16. The minimum Gasteiger partial charge on any atom is -0.616 e. The molecule has 4 aliphatic rings. The van der Waals surface area contributed by atoms with E-state index < -0.39 is 36.1 Å². The van der Waals surface area contributed by atoms with Gasteiger partial charge in [0.15, 0.2) is 0 Å². The van der Waals surface area contributed by atoms with Crippen molar-refractivity contribution >= 4 is 17.0 Å². The lowest BCUT2D eigenvalue weighted by Gasteiger charge is -2.62. The number of fused-ring (bicyclic) bond motifs is 5. The van der Waals surface area contributed by atoms with Crippen molar-refractivity contribution in [1.29, 1.82) is 0 Å². The lowest BCUT2D eigenvalue weighted by Crippen LogP contribution is -2.57. The highest BCUT2D eigenvalue weighted by Gasteiger charge is 2.62. The van der Waals surface area contributed by atoms with Gasteiger partial charge in [-0.05, 0) is 98.2 Å². The average Bonchev–Trinajstić information content (AvgIpc) is 3.20. The SMILES string of the molecule is C[C@]12CCC(=O)CC1CC[C@@H]1[C@H]2C(CCCCCCCCC[S+]([O-])CCCC(F)(F)C(F)(F)F)C[C@]2(C)C(O)CC[C@@H]12. The van der Waals surface area contributed by atoms with E-state index in [1.807, 2.05) is 0 Å². The Hall–Kier alpha value is -0.410. The third-order valence-electron chi connectivity index (χ3n) is 12.2. The number of alkyl halides is 5. The van der Waals surface area contributed by atoms with Gasteiger partial charge in [-0.2, -0.15) is 22.0 Å². The van der Waals surface area contributed by atoms with Crippen LogP contribution in [-0.4, -0.2) is 45.2 Å². The summed E-state index contributed by atoms with van der Waals surface area (Å²) in [6.45, 7) is 4.84. The second kappa shape index (κ2) is 13.9. The molecule has 244 valence electrons. The van der Waals surface area contributed by atoms with Crippen molar-refractivity contribution in [3.63, 3.8) is 0 Å². The van der Waals surface area contributed by atoms with Gasteiger partial charge in [-0.25, -0.2) is 0 Å². The molecule has 0 saturated heterocycles. The maximum absolute atomic E-state index is 13.0. The quantitative estimate of drug-likeness (QED) is 0.119. The Labute approximate surface area is 252 Å². The van der Waals surface area contributed by atoms with Crippen LogP contribution < -0.4 is 0 Å². The normalized spacial score (nSPS) is 37.7. The summed E-state index contributed by atoms with van der Waals surface area (Å²) in [6.07, 6.45) is 9.03. The molecule has 4 rings (SSSR count). The predicted molar refractivity (Wildman–Crippen MR) is 157 cm³/mol. The smallest absolute Gasteiger partial charge is 0.453 e. The molecule has 0 amide bonds. The first-order valence-electron chi connectivity index (χ1n) is 16.7.